The van der Waals surface area contributed by atoms with Crippen molar-refractivity contribution in [1.82, 2.24) is 0 Å². The Morgan fingerprint density at radius 1 is 1.05 bits per heavy atom. The van der Waals surface area contributed by atoms with Crippen molar-refractivity contribution in [3.8, 4) is 0 Å². The molecule has 19 heavy (non-hydrogen) atoms. The quantitative estimate of drug-likeness (QED) is 0.855. The molecule has 3 heteroatoms. The van der Waals surface area contributed by atoms with Gasteiger partial charge >= 0.3 is 0 Å². The molecular formula is C16H29NO2. The van der Waals surface area contributed by atoms with Crippen LogP contribution in [0, 0.1) is 11.3 Å². The van der Waals surface area contributed by atoms with Crippen LogP contribution in [0.2, 0.25) is 0 Å². The normalized spacial score (nSPS) is 35.8. The molecule has 0 radical (unpaired) electrons. The molecule has 1 saturated heterocycles. The number of ether oxygens (including phenoxy) is 2. The summed E-state index contributed by atoms with van der Waals surface area (Å²) in [5.74, 6) is 0.716. The lowest BCUT2D eigenvalue weighted by Crippen LogP contribution is -2.62. The van der Waals surface area contributed by atoms with Crippen LogP contribution < -0.4 is 5.73 Å². The Kier molecular flexibility index (Phi) is 4.45. The molecule has 2 saturated carbocycles. The molecule has 1 spiro atoms. The number of hydrogen-bond donors (Lipinski definition) is 1. The molecule has 3 aliphatic rings. The number of hydrogen-bond acceptors (Lipinski definition) is 3. The van der Waals surface area contributed by atoms with Crippen molar-refractivity contribution < 1.29 is 9.47 Å². The highest BCUT2D eigenvalue weighted by Crippen LogP contribution is 2.51. The predicted molar refractivity (Wildman–Crippen MR) is 76.0 cm³/mol. The highest BCUT2D eigenvalue weighted by atomic mass is 16.5. The Morgan fingerprint density at radius 3 is 2.37 bits per heavy atom. The van der Waals surface area contributed by atoms with Gasteiger partial charge < -0.3 is 15.2 Å². The van der Waals surface area contributed by atoms with Crippen molar-refractivity contribution in [2.45, 2.75) is 69.9 Å². The Labute approximate surface area is 117 Å². The maximum Gasteiger partial charge on any atom is 0.0661 e. The fourth-order valence-electron chi connectivity index (χ4n) is 4.26. The summed E-state index contributed by atoms with van der Waals surface area (Å²) in [6.07, 6.45) is 12.0. The van der Waals surface area contributed by atoms with Crippen molar-refractivity contribution in [3.63, 3.8) is 0 Å². The third kappa shape index (κ3) is 2.84. The molecule has 2 unspecified atom stereocenters. The van der Waals surface area contributed by atoms with E-state index in [1.807, 2.05) is 0 Å². The van der Waals surface area contributed by atoms with Gasteiger partial charge in [0.15, 0.2) is 0 Å². The van der Waals surface area contributed by atoms with Crippen LogP contribution in [0.25, 0.3) is 0 Å². The second kappa shape index (κ2) is 6.11. The van der Waals surface area contributed by atoms with Gasteiger partial charge in [0, 0.05) is 31.3 Å². The summed E-state index contributed by atoms with van der Waals surface area (Å²) in [6, 6.07) is 0.394. The average Bonchev–Trinajstić information content (AvgIpc) is 2.72. The van der Waals surface area contributed by atoms with Crippen LogP contribution in [0.5, 0.6) is 0 Å². The summed E-state index contributed by atoms with van der Waals surface area (Å²) in [5, 5.41) is 0. The van der Waals surface area contributed by atoms with Gasteiger partial charge in [0.2, 0.25) is 0 Å². The van der Waals surface area contributed by atoms with Gasteiger partial charge in [0.25, 0.3) is 0 Å². The highest BCUT2D eigenvalue weighted by Gasteiger charge is 2.53. The maximum atomic E-state index is 6.36. The van der Waals surface area contributed by atoms with Crippen molar-refractivity contribution in [2.75, 3.05) is 19.8 Å². The van der Waals surface area contributed by atoms with E-state index in [0.717, 1.165) is 26.2 Å². The zero-order valence-electron chi connectivity index (χ0n) is 12.1. The van der Waals surface area contributed by atoms with Gasteiger partial charge in [0.1, 0.15) is 0 Å². The van der Waals surface area contributed by atoms with Crippen LogP contribution in [0.3, 0.4) is 0 Å². The summed E-state index contributed by atoms with van der Waals surface area (Å²) < 4.78 is 11.7. The summed E-state index contributed by atoms with van der Waals surface area (Å²) in [4.78, 5) is 0. The lowest BCUT2D eigenvalue weighted by Gasteiger charge is -2.54. The van der Waals surface area contributed by atoms with E-state index < -0.39 is 0 Å². The number of rotatable bonds is 3. The molecule has 2 aliphatic carbocycles. The van der Waals surface area contributed by atoms with E-state index in [9.17, 15) is 0 Å². The van der Waals surface area contributed by atoms with Gasteiger partial charge in [-0.3, -0.25) is 0 Å². The van der Waals surface area contributed by atoms with Gasteiger partial charge in [-0.25, -0.2) is 0 Å². The van der Waals surface area contributed by atoms with Crippen LogP contribution in [0.1, 0.15) is 57.8 Å². The summed E-state index contributed by atoms with van der Waals surface area (Å²) in [5.41, 5.74) is 6.69. The monoisotopic (exact) mass is 267 g/mol. The molecular weight excluding hydrogens is 238 g/mol. The third-order valence-electron chi connectivity index (χ3n) is 5.76. The standard InChI is InChI=1S/C16H29NO2/c17-14-11-15(16(14)7-3-1-2-4-8-16)19-12-13-5-9-18-10-6-13/h13-15H,1-12,17H2. The first-order valence-corrected chi connectivity index (χ1v) is 8.26. The summed E-state index contributed by atoms with van der Waals surface area (Å²) in [6.45, 7) is 2.77. The van der Waals surface area contributed by atoms with E-state index in [-0.39, 0.29) is 0 Å². The van der Waals surface area contributed by atoms with E-state index >= 15 is 0 Å². The molecule has 3 nitrogen and oxygen atoms in total. The van der Waals surface area contributed by atoms with Crippen LogP contribution in [-0.2, 0) is 9.47 Å². The molecule has 3 rings (SSSR count). The third-order valence-corrected chi connectivity index (χ3v) is 5.76. The van der Waals surface area contributed by atoms with E-state index in [4.69, 9.17) is 15.2 Å². The molecule has 2 atom stereocenters. The SMILES string of the molecule is NC1CC(OCC2CCOCC2)C12CCCCCC2. The van der Waals surface area contributed by atoms with Crippen molar-refractivity contribution in [1.29, 1.82) is 0 Å². The van der Waals surface area contributed by atoms with Crippen LogP contribution in [0.15, 0.2) is 0 Å². The lowest BCUT2D eigenvalue weighted by atomic mass is 9.58. The molecule has 2 N–H and O–H groups in total. The molecule has 110 valence electrons. The first kappa shape index (κ1) is 13.8. The van der Waals surface area contributed by atoms with E-state index in [0.29, 0.717) is 23.5 Å². The molecule has 1 heterocycles. The second-order valence-corrected chi connectivity index (χ2v) is 6.87. The first-order valence-electron chi connectivity index (χ1n) is 8.26. The van der Waals surface area contributed by atoms with Gasteiger partial charge in [0.05, 0.1) is 6.10 Å². The van der Waals surface area contributed by atoms with Gasteiger partial charge in [-0.1, -0.05) is 25.7 Å². The largest absolute Gasteiger partial charge is 0.381 e. The van der Waals surface area contributed by atoms with E-state index in [1.165, 1.54) is 51.4 Å². The summed E-state index contributed by atoms with van der Waals surface area (Å²) >= 11 is 0. The molecule has 0 bridgehead atoms. The van der Waals surface area contributed by atoms with E-state index in [2.05, 4.69) is 0 Å². The Bertz CT molecular complexity index is 280. The maximum absolute atomic E-state index is 6.36. The minimum Gasteiger partial charge on any atom is -0.381 e. The minimum absolute atomic E-state index is 0.335. The minimum atomic E-state index is 0.335. The topological polar surface area (TPSA) is 44.5 Å². The molecule has 0 aromatic heterocycles. The van der Waals surface area contributed by atoms with Crippen molar-refractivity contribution in [2.24, 2.45) is 17.1 Å². The summed E-state index contributed by atoms with van der Waals surface area (Å²) in [7, 11) is 0. The molecule has 0 aromatic carbocycles. The number of nitrogens with two attached hydrogens (primary N) is 1. The van der Waals surface area contributed by atoms with Crippen molar-refractivity contribution >= 4 is 0 Å². The Hall–Kier alpha value is -0.120. The van der Waals surface area contributed by atoms with Crippen molar-refractivity contribution in [3.05, 3.63) is 0 Å². The zero-order valence-corrected chi connectivity index (χ0v) is 12.1. The molecule has 1 aliphatic heterocycles. The first-order chi connectivity index (χ1) is 9.31. The fraction of sp³-hybridized carbons (Fsp3) is 1.00. The zero-order chi connectivity index (χ0) is 13.1. The van der Waals surface area contributed by atoms with Gasteiger partial charge in [-0.05, 0) is 38.0 Å². The van der Waals surface area contributed by atoms with Crippen LogP contribution in [-0.4, -0.2) is 32.0 Å². The second-order valence-electron chi connectivity index (χ2n) is 6.87. The Balaban J connectivity index is 1.52. The van der Waals surface area contributed by atoms with E-state index in [1.54, 1.807) is 0 Å². The molecule has 0 aromatic rings. The fourth-order valence-corrected chi connectivity index (χ4v) is 4.26. The smallest absolute Gasteiger partial charge is 0.0661 e. The van der Waals surface area contributed by atoms with Gasteiger partial charge in [-0.15, -0.1) is 0 Å². The highest BCUT2D eigenvalue weighted by molar-refractivity contribution is 5.07. The predicted octanol–water partition coefficient (Wildman–Crippen LogP) is 2.87. The van der Waals surface area contributed by atoms with Crippen LogP contribution >= 0.6 is 0 Å². The lowest BCUT2D eigenvalue weighted by molar-refractivity contribution is -0.146. The molecule has 0 amide bonds. The average molecular weight is 267 g/mol. The van der Waals surface area contributed by atoms with Gasteiger partial charge in [-0.2, -0.15) is 0 Å². The van der Waals surface area contributed by atoms with Crippen LogP contribution in [0.4, 0.5) is 0 Å². The molecule has 3 fully saturated rings. The Morgan fingerprint density at radius 2 is 1.74 bits per heavy atom.